The molecule has 0 radical (unpaired) electrons. The number of carbonyl (C=O) groups excluding carboxylic acids is 1. The van der Waals surface area contributed by atoms with Gasteiger partial charge in [0.05, 0.1) is 0 Å². The number of rotatable bonds is 20. The fraction of sp³-hybridized carbons (Fsp3) is 0.962. The third-order valence-electron chi connectivity index (χ3n) is 6.39. The van der Waals surface area contributed by atoms with Crippen molar-refractivity contribution in [3.63, 3.8) is 0 Å². The van der Waals surface area contributed by atoms with Crippen molar-refractivity contribution in [3.05, 3.63) is 0 Å². The third-order valence-corrected chi connectivity index (χ3v) is 6.39. The molecule has 0 aromatic rings. The summed E-state index contributed by atoms with van der Waals surface area (Å²) in [5, 5.41) is 29.8. The van der Waals surface area contributed by atoms with E-state index < -0.39 is 30.7 Å². The lowest BCUT2D eigenvalue weighted by Gasteiger charge is -2.39. The highest BCUT2D eigenvalue weighted by atomic mass is 16.7. The van der Waals surface area contributed by atoms with Crippen LogP contribution in [0.4, 0.5) is 0 Å². The van der Waals surface area contributed by atoms with Gasteiger partial charge in [-0.25, -0.2) is 0 Å². The smallest absolute Gasteiger partial charge is 0.305 e. The Labute approximate surface area is 201 Å². The molecular formula is C26H50O7. The second kappa shape index (κ2) is 19.6. The minimum Gasteiger partial charge on any atom is -0.463 e. The summed E-state index contributed by atoms with van der Waals surface area (Å²) in [6.45, 7) is 4.11. The zero-order valence-corrected chi connectivity index (χ0v) is 21.1. The predicted octanol–water partition coefficient (Wildman–Crippen LogP) is 4.64. The van der Waals surface area contributed by atoms with Gasteiger partial charge in [0.25, 0.3) is 0 Å². The molecule has 7 nitrogen and oxygen atoms in total. The van der Waals surface area contributed by atoms with Gasteiger partial charge in [-0.1, -0.05) is 96.8 Å². The summed E-state index contributed by atoms with van der Waals surface area (Å²) in [6.07, 6.45) is 13.4. The summed E-state index contributed by atoms with van der Waals surface area (Å²) in [4.78, 5) is 12.0. The average molecular weight is 475 g/mol. The van der Waals surface area contributed by atoms with Gasteiger partial charge in [-0.05, 0) is 13.3 Å². The molecule has 0 aliphatic carbocycles. The molecule has 7 heteroatoms. The fourth-order valence-corrected chi connectivity index (χ4v) is 4.24. The highest BCUT2D eigenvalue weighted by Crippen LogP contribution is 2.22. The van der Waals surface area contributed by atoms with Crippen molar-refractivity contribution < 1.29 is 34.3 Å². The highest BCUT2D eigenvalue weighted by Gasteiger charge is 2.44. The first-order chi connectivity index (χ1) is 16.0. The van der Waals surface area contributed by atoms with Crippen LogP contribution in [0.3, 0.4) is 0 Å². The second-order valence-electron chi connectivity index (χ2n) is 9.35. The van der Waals surface area contributed by atoms with Crippen molar-refractivity contribution in [1.82, 2.24) is 0 Å². The van der Waals surface area contributed by atoms with E-state index in [2.05, 4.69) is 6.92 Å². The van der Waals surface area contributed by atoms with Crippen molar-refractivity contribution in [2.45, 2.75) is 147 Å². The predicted molar refractivity (Wildman–Crippen MR) is 129 cm³/mol. The largest absolute Gasteiger partial charge is 0.463 e. The second-order valence-corrected chi connectivity index (χ2v) is 9.35. The molecule has 0 spiro atoms. The number of hydrogen-bond donors (Lipinski definition) is 3. The maximum Gasteiger partial charge on any atom is 0.305 e. The average Bonchev–Trinajstić information content (AvgIpc) is 2.81. The maximum absolute atomic E-state index is 12.0. The van der Waals surface area contributed by atoms with Crippen molar-refractivity contribution in [1.29, 1.82) is 0 Å². The number of aliphatic hydroxyl groups is 3. The number of ether oxygens (including phenoxy) is 3. The molecule has 1 unspecified atom stereocenters. The number of unbranched alkanes of at least 4 members (excludes halogenated alkanes) is 14. The lowest BCUT2D eigenvalue weighted by atomic mass is 9.99. The highest BCUT2D eigenvalue weighted by molar-refractivity contribution is 5.69. The quantitative estimate of drug-likeness (QED) is 0.174. The Kier molecular flexibility index (Phi) is 18.0. The summed E-state index contributed by atoms with van der Waals surface area (Å²) in [5.41, 5.74) is 0. The van der Waals surface area contributed by atoms with Crippen molar-refractivity contribution in [2.75, 3.05) is 13.2 Å². The first-order valence-electron chi connectivity index (χ1n) is 13.5. The normalized spacial score (nSPS) is 25.3. The summed E-state index contributed by atoms with van der Waals surface area (Å²) < 4.78 is 15.9. The molecule has 0 amide bonds. The lowest BCUT2D eigenvalue weighted by Crippen LogP contribution is -2.59. The Bertz CT molecular complexity index is 474. The molecule has 1 saturated heterocycles. The maximum atomic E-state index is 12.0. The van der Waals surface area contributed by atoms with Crippen molar-refractivity contribution in [3.8, 4) is 0 Å². The zero-order chi connectivity index (χ0) is 24.3. The Morgan fingerprint density at radius 2 is 1.18 bits per heavy atom. The molecule has 196 valence electrons. The molecular weight excluding hydrogens is 424 g/mol. The van der Waals surface area contributed by atoms with Gasteiger partial charge in [0.15, 0.2) is 6.29 Å². The minimum atomic E-state index is -1.41. The Balaban J connectivity index is 1.96. The van der Waals surface area contributed by atoms with E-state index in [9.17, 15) is 20.1 Å². The van der Waals surface area contributed by atoms with E-state index in [0.29, 0.717) is 6.42 Å². The topological polar surface area (TPSA) is 105 Å². The summed E-state index contributed by atoms with van der Waals surface area (Å²) >= 11 is 0. The number of aliphatic hydroxyl groups excluding tert-OH is 3. The molecule has 1 aliphatic rings. The molecule has 0 bridgehead atoms. The monoisotopic (exact) mass is 474 g/mol. The molecule has 1 fully saturated rings. The number of carbonyl (C=O) groups is 1. The van der Waals surface area contributed by atoms with Gasteiger partial charge in [0.2, 0.25) is 0 Å². The summed E-state index contributed by atoms with van der Waals surface area (Å²) in [7, 11) is 0. The first kappa shape index (κ1) is 30.3. The van der Waals surface area contributed by atoms with Crippen LogP contribution in [-0.4, -0.2) is 65.2 Å². The van der Waals surface area contributed by atoms with E-state index >= 15 is 0 Å². The van der Waals surface area contributed by atoms with Gasteiger partial charge in [-0.15, -0.1) is 0 Å². The van der Waals surface area contributed by atoms with Gasteiger partial charge < -0.3 is 29.5 Å². The van der Waals surface area contributed by atoms with Gasteiger partial charge in [-0.3, -0.25) is 4.79 Å². The van der Waals surface area contributed by atoms with Crippen LogP contribution in [0.15, 0.2) is 0 Å². The third kappa shape index (κ3) is 13.7. The van der Waals surface area contributed by atoms with Crippen LogP contribution >= 0.6 is 0 Å². The van der Waals surface area contributed by atoms with Crippen LogP contribution in [0.2, 0.25) is 0 Å². The SMILES string of the molecule is CCCCCCCCCCCCCCCCCC(=O)OC[C@H]1OC(OCC)[C@H](O)[C@@H](O)[C@@H]1O. The molecule has 1 heterocycles. The Morgan fingerprint density at radius 1 is 0.697 bits per heavy atom. The summed E-state index contributed by atoms with van der Waals surface area (Å²) in [6, 6.07) is 0. The molecule has 3 N–H and O–H groups in total. The summed E-state index contributed by atoms with van der Waals surface area (Å²) in [5.74, 6) is -0.339. The van der Waals surface area contributed by atoms with E-state index in [1.54, 1.807) is 6.92 Å². The molecule has 0 aromatic heterocycles. The molecule has 33 heavy (non-hydrogen) atoms. The van der Waals surface area contributed by atoms with Gasteiger partial charge in [0.1, 0.15) is 31.0 Å². The van der Waals surface area contributed by atoms with Crippen molar-refractivity contribution >= 4 is 5.97 Å². The lowest BCUT2D eigenvalue weighted by molar-refractivity contribution is -0.300. The number of hydrogen-bond acceptors (Lipinski definition) is 7. The fourth-order valence-electron chi connectivity index (χ4n) is 4.24. The first-order valence-corrected chi connectivity index (χ1v) is 13.5. The zero-order valence-electron chi connectivity index (χ0n) is 21.1. The van der Waals surface area contributed by atoms with E-state index in [0.717, 1.165) is 19.3 Å². The van der Waals surface area contributed by atoms with Crippen LogP contribution < -0.4 is 0 Å². The van der Waals surface area contributed by atoms with Gasteiger partial charge in [0, 0.05) is 13.0 Å². The van der Waals surface area contributed by atoms with Crippen LogP contribution in [0.1, 0.15) is 117 Å². The molecule has 0 saturated carbocycles. The van der Waals surface area contributed by atoms with Gasteiger partial charge in [-0.2, -0.15) is 0 Å². The van der Waals surface area contributed by atoms with E-state index in [-0.39, 0.29) is 19.2 Å². The molecule has 0 aromatic carbocycles. The van der Waals surface area contributed by atoms with Crippen LogP contribution in [0.25, 0.3) is 0 Å². The Hall–Kier alpha value is -0.730. The molecule has 1 rings (SSSR count). The van der Waals surface area contributed by atoms with E-state index in [4.69, 9.17) is 14.2 Å². The van der Waals surface area contributed by atoms with Crippen LogP contribution in [0.5, 0.6) is 0 Å². The minimum absolute atomic E-state index is 0.175. The number of esters is 1. The van der Waals surface area contributed by atoms with Crippen molar-refractivity contribution in [2.24, 2.45) is 0 Å². The van der Waals surface area contributed by atoms with Gasteiger partial charge >= 0.3 is 5.97 Å². The molecule has 5 atom stereocenters. The van der Waals surface area contributed by atoms with Crippen LogP contribution in [-0.2, 0) is 19.0 Å². The van der Waals surface area contributed by atoms with E-state index in [1.807, 2.05) is 0 Å². The Morgan fingerprint density at radius 3 is 1.67 bits per heavy atom. The van der Waals surface area contributed by atoms with E-state index in [1.165, 1.54) is 77.0 Å². The van der Waals surface area contributed by atoms with Crippen LogP contribution in [0, 0.1) is 0 Å². The standard InChI is InChI=1S/C26H50O7/c1-3-5-6-7-8-9-10-11-12-13-14-15-16-17-18-19-22(27)32-20-21-23(28)24(29)25(30)26(33-21)31-4-2/h21,23-26,28-30H,3-20H2,1-2H3/t21-,23-,24+,25-,26?/m1/s1. The molecule has 1 aliphatic heterocycles.